The monoisotopic (exact) mass is 283 g/mol. The number of anilines is 1. The van der Waals surface area contributed by atoms with E-state index in [4.69, 9.17) is 21.1 Å². The van der Waals surface area contributed by atoms with Crippen LogP contribution in [-0.4, -0.2) is 11.1 Å². The Morgan fingerprint density at radius 3 is 2.74 bits per heavy atom. The Morgan fingerprint density at radius 1 is 1.42 bits per heavy atom. The van der Waals surface area contributed by atoms with E-state index in [1.54, 1.807) is 13.0 Å². The molecule has 1 heterocycles. The molecule has 2 rings (SSSR count). The average molecular weight is 284 g/mol. The highest BCUT2D eigenvalue weighted by molar-refractivity contribution is 6.30. The molecule has 0 saturated heterocycles. The quantitative estimate of drug-likeness (QED) is 0.898. The summed E-state index contributed by atoms with van der Waals surface area (Å²) in [6.07, 6.45) is 0. The fourth-order valence-electron chi connectivity index (χ4n) is 1.69. The van der Waals surface area contributed by atoms with Crippen LogP contribution in [-0.2, 0) is 6.54 Å². The first-order valence-electron chi connectivity index (χ1n) is 5.48. The molecule has 4 nitrogen and oxygen atoms in total. The third kappa shape index (κ3) is 3.26. The first-order valence-corrected chi connectivity index (χ1v) is 5.86. The molecule has 0 amide bonds. The molecule has 19 heavy (non-hydrogen) atoms. The van der Waals surface area contributed by atoms with Crippen LogP contribution in [0.3, 0.4) is 0 Å². The van der Waals surface area contributed by atoms with Gasteiger partial charge in [-0.2, -0.15) is 0 Å². The van der Waals surface area contributed by atoms with Gasteiger partial charge < -0.3 is 14.8 Å². The number of aromatic carboxylic acids is 1. The molecule has 2 aromatic rings. The molecule has 0 saturated carbocycles. The van der Waals surface area contributed by atoms with Crippen LogP contribution >= 0.6 is 11.6 Å². The molecule has 0 fully saturated rings. The average Bonchev–Trinajstić information content (AvgIpc) is 2.67. The Labute approximate surface area is 113 Å². The van der Waals surface area contributed by atoms with Crippen LogP contribution in [0.1, 0.15) is 21.9 Å². The maximum absolute atomic E-state index is 13.1. The van der Waals surface area contributed by atoms with E-state index in [-0.39, 0.29) is 17.1 Å². The molecule has 0 aliphatic heterocycles. The number of carboxylic acids is 1. The number of hydrogen-bond acceptors (Lipinski definition) is 3. The fraction of sp³-hybridized carbons (Fsp3) is 0.154. The smallest absolute Gasteiger partial charge is 0.339 e. The number of furan rings is 1. The van der Waals surface area contributed by atoms with Crippen LogP contribution < -0.4 is 5.32 Å². The van der Waals surface area contributed by atoms with Gasteiger partial charge in [-0.05, 0) is 31.2 Å². The Kier molecular flexibility index (Phi) is 3.76. The molecule has 1 aromatic heterocycles. The zero-order valence-electron chi connectivity index (χ0n) is 10.0. The number of hydrogen-bond donors (Lipinski definition) is 2. The first-order chi connectivity index (χ1) is 8.95. The van der Waals surface area contributed by atoms with Crippen LogP contribution in [0.25, 0.3) is 0 Å². The van der Waals surface area contributed by atoms with Gasteiger partial charge in [-0.15, -0.1) is 0 Å². The Bertz CT molecular complexity index is 604. The predicted molar refractivity (Wildman–Crippen MR) is 69.1 cm³/mol. The van der Waals surface area contributed by atoms with Crippen LogP contribution in [0.15, 0.2) is 28.7 Å². The summed E-state index contributed by atoms with van der Waals surface area (Å²) < 4.78 is 18.4. The van der Waals surface area contributed by atoms with E-state index < -0.39 is 11.8 Å². The molecule has 0 bridgehead atoms. The number of carbonyl (C=O) groups is 1. The van der Waals surface area contributed by atoms with Crippen molar-refractivity contribution in [3.63, 3.8) is 0 Å². The van der Waals surface area contributed by atoms with Crippen molar-refractivity contribution in [1.82, 2.24) is 0 Å². The summed E-state index contributed by atoms with van der Waals surface area (Å²) in [6, 6.07) is 5.50. The van der Waals surface area contributed by atoms with E-state index in [1.165, 1.54) is 18.2 Å². The molecule has 1 aromatic carbocycles. The molecular formula is C13H11ClFNO3. The largest absolute Gasteiger partial charge is 0.478 e. The van der Waals surface area contributed by atoms with Gasteiger partial charge in [0.15, 0.2) is 0 Å². The molecule has 0 aliphatic carbocycles. The third-order valence-electron chi connectivity index (χ3n) is 2.53. The standard InChI is InChI=1S/C13H11ClFNO3/c1-7-12(13(17)18)5-11(19-7)6-16-10-3-8(14)2-9(15)4-10/h2-5,16H,6H2,1H3,(H,17,18). The summed E-state index contributed by atoms with van der Waals surface area (Å²) in [6.45, 7) is 1.82. The van der Waals surface area contributed by atoms with Crippen LogP contribution in [0.2, 0.25) is 5.02 Å². The topological polar surface area (TPSA) is 62.5 Å². The molecular weight excluding hydrogens is 273 g/mol. The summed E-state index contributed by atoms with van der Waals surface area (Å²) >= 11 is 5.72. The highest BCUT2D eigenvalue weighted by Crippen LogP contribution is 2.20. The van der Waals surface area contributed by atoms with Gasteiger partial charge in [-0.25, -0.2) is 9.18 Å². The summed E-state index contributed by atoms with van der Waals surface area (Å²) in [7, 11) is 0. The van der Waals surface area contributed by atoms with Gasteiger partial charge in [0.2, 0.25) is 0 Å². The minimum Gasteiger partial charge on any atom is -0.478 e. The lowest BCUT2D eigenvalue weighted by molar-refractivity contribution is 0.0695. The van der Waals surface area contributed by atoms with Gasteiger partial charge in [0.25, 0.3) is 0 Å². The van der Waals surface area contributed by atoms with E-state index in [1.807, 2.05) is 0 Å². The van der Waals surface area contributed by atoms with Gasteiger partial charge in [0, 0.05) is 10.7 Å². The molecule has 2 N–H and O–H groups in total. The molecule has 0 atom stereocenters. The number of carboxylic acid groups (broad SMARTS) is 1. The highest BCUT2D eigenvalue weighted by Gasteiger charge is 2.13. The minimum absolute atomic E-state index is 0.120. The Hall–Kier alpha value is -2.01. The van der Waals surface area contributed by atoms with Gasteiger partial charge >= 0.3 is 5.97 Å². The zero-order valence-corrected chi connectivity index (χ0v) is 10.8. The first kappa shape index (κ1) is 13.4. The predicted octanol–water partition coefficient (Wildman–Crippen LogP) is 3.69. The number of benzene rings is 1. The van der Waals surface area contributed by atoms with Crippen molar-refractivity contribution in [2.75, 3.05) is 5.32 Å². The van der Waals surface area contributed by atoms with Crippen molar-refractivity contribution < 1.29 is 18.7 Å². The van der Waals surface area contributed by atoms with Crippen molar-refractivity contribution >= 4 is 23.3 Å². The summed E-state index contributed by atoms with van der Waals surface area (Å²) in [4.78, 5) is 10.9. The van der Waals surface area contributed by atoms with Crippen molar-refractivity contribution in [3.05, 3.63) is 52.2 Å². The van der Waals surface area contributed by atoms with Crippen LogP contribution in [0.5, 0.6) is 0 Å². The lowest BCUT2D eigenvalue weighted by Gasteiger charge is -2.05. The molecule has 0 radical (unpaired) electrons. The SMILES string of the molecule is Cc1oc(CNc2cc(F)cc(Cl)c2)cc1C(=O)O. The van der Waals surface area contributed by atoms with Crippen molar-refractivity contribution in [2.45, 2.75) is 13.5 Å². The third-order valence-corrected chi connectivity index (χ3v) is 2.75. The maximum atomic E-state index is 13.1. The number of aryl methyl sites for hydroxylation is 1. The van der Waals surface area contributed by atoms with Gasteiger partial charge in [-0.3, -0.25) is 0 Å². The number of halogens is 2. The number of rotatable bonds is 4. The minimum atomic E-state index is -1.04. The van der Waals surface area contributed by atoms with Crippen molar-refractivity contribution in [3.8, 4) is 0 Å². The fourth-order valence-corrected chi connectivity index (χ4v) is 1.91. The maximum Gasteiger partial charge on any atom is 0.339 e. The van der Waals surface area contributed by atoms with Crippen LogP contribution in [0.4, 0.5) is 10.1 Å². The molecule has 0 aliphatic rings. The van der Waals surface area contributed by atoms with Gasteiger partial charge in [-0.1, -0.05) is 11.6 Å². The van der Waals surface area contributed by atoms with Crippen LogP contribution in [0, 0.1) is 12.7 Å². The molecule has 100 valence electrons. The second-order valence-corrected chi connectivity index (χ2v) is 4.44. The van der Waals surface area contributed by atoms with Gasteiger partial charge in [0.05, 0.1) is 6.54 Å². The van der Waals surface area contributed by atoms with E-state index in [2.05, 4.69) is 5.32 Å². The van der Waals surface area contributed by atoms with Crippen molar-refractivity contribution in [2.24, 2.45) is 0 Å². The van der Waals surface area contributed by atoms with Gasteiger partial charge in [0.1, 0.15) is 22.9 Å². The van der Waals surface area contributed by atoms with E-state index in [0.717, 1.165) is 0 Å². The lowest BCUT2D eigenvalue weighted by atomic mass is 10.2. The Balaban J connectivity index is 2.10. The van der Waals surface area contributed by atoms with Crippen molar-refractivity contribution in [1.29, 1.82) is 0 Å². The highest BCUT2D eigenvalue weighted by atomic mass is 35.5. The van der Waals surface area contributed by atoms with E-state index in [9.17, 15) is 9.18 Å². The normalized spacial score (nSPS) is 10.5. The summed E-state index contributed by atoms with van der Waals surface area (Å²) in [5, 5.41) is 12.1. The molecule has 6 heteroatoms. The molecule has 0 unspecified atom stereocenters. The lowest BCUT2D eigenvalue weighted by Crippen LogP contribution is -1.99. The second-order valence-electron chi connectivity index (χ2n) is 4.00. The number of nitrogens with one attached hydrogen (secondary N) is 1. The van der Waals surface area contributed by atoms with E-state index in [0.29, 0.717) is 17.2 Å². The van der Waals surface area contributed by atoms with E-state index >= 15 is 0 Å². The second kappa shape index (κ2) is 5.32. The zero-order chi connectivity index (χ0) is 14.0. The summed E-state index contributed by atoms with van der Waals surface area (Å²) in [5.74, 6) is -0.699. The Morgan fingerprint density at radius 2 is 2.16 bits per heavy atom. The molecule has 0 spiro atoms. The summed E-state index contributed by atoms with van der Waals surface area (Å²) in [5.41, 5.74) is 0.616.